The normalized spacial score (nSPS) is 15.9. The molecule has 1 fully saturated rings. The summed E-state index contributed by atoms with van der Waals surface area (Å²) in [5.74, 6) is 1.15. The first-order valence-corrected chi connectivity index (χ1v) is 9.84. The van der Waals surface area contributed by atoms with Crippen molar-refractivity contribution in [3.63, 3.8) is 0 Å². The molecule has 1 saturated heterocycles. The van der Waals surface area contributed by atoms with Crippen LogP contribution in [0.4, 0.5) is 0 Å². The van der Waals surface area contributed by atoms with Crippen LogP contribution in [0.3, 0.4) is 0 Å². The lowest BCUT2D eigenvalue weighted by molar-refractivity contribution is 0.459. The molecule has 3 heteroatoms. The summed E-state index contributed by atoms with van der Waals surface area (Å²) in [6.45, 7) is 11.2. The monoisotopic (exact) mass is 347 g/mol. The van der Waals surface area contributed by atoms with Gasteiger partial charge in [-0.1, -0.05) is 13.8 Å². The van der Waals surface area contributed by atoms with Crippen LogP contribution in [0.5, 0.6) is 0 Å². The highest BCUT2D eigenvalue weighted by atomic mass is 14.9. The lowest BCUT2D eigenvalue weighted by Gasteiger charge is -2.24. The predicted octanol–water partition coefficient (Wildman–Crippen LogP) is 5.44. The van der Waals surface area contributed by atoms with Crippen molar-refractivity contribution in [1.82, 2.24) is 15.3 Å². The van der Waals surface area contributed by atoms with Gasteiger partial charge in [0.25, 0.3) is 0 Å². The second-order valence-electron chi connectivity index (χ2n) is 8.03. The molecule has 0 saturated carbocycles. The summed E-state index contributed by atoms with van der Waals surface area (Å²) in [4.78, 5) is 8.08. The molecule has 3 aromatic rings. The van der Waals surface area contributed by atoms with E-state index < -0.39 is 0 Å². The van der Waals surface area contributed by atoms with E-state index in [0.717, 1.165) is 18.8 Å². The van der Waals surface area contributed by atoms with Crippen molar-refractivity contribution in [3.8, 4) is 11.3 Å². The van der Waals surface area contributed by atoms with E-state index in [9.17, 15) is 0 Å². The summed E-state index contributed by atoms with van der Waals surface area (Å²) < 4.78 is 0. The Morgan fingerprint density at radius 3 is 2.54 bits per heavy atom. The fourth-order valence-corrected chi connectivity index (χ4v) is 4.49. The summed E-state index contributed by atoms with van der Waals surface area (Å²) in [6, 6.07) is 9.13. The van der Waals surface area contributed by atoms with E-state index >= 15 is 0 Å². The minimum absolute atomic E-state index is 0.468. The molecule has 136 valence electrons. The number of aromatic amines is 1. The second kappa shape index (κ2) is 6.88. The summed E-state index contributed by atoms with van der Waals surface area (Å²) in [5.41, 5.74) is 9.19. The van der Waals surface area contributed by atoms with Crippen LogP contribution < -0.4 is 5.32 Å². The van der Waals surface area contributed by atoms with Gasteiger partial charge in [-0.3, -0.25) is 4.98 Å². The first kappa shape index (κ1) is 17.3. The number of H-pyrrole nitrogens is 1. The Morgan fingerprint density at radius 2 is 1.85 bits per heavy atom. The van der Waals surface area contributed by atoms with Crippen molar-refractivity contribution in [2.24, 2.45) is 0 Å². The topological polar surface area (TPSA) is 40.7 Å². The van der Waals surface area contributed by atoms with Gasteiger partial charge in [0.05, 0.1) is 5.69 Å². The maximum atomic E-state index is 4.36. The maximum Gasteiger partial charge on any atom is 0.0501 e. The van der Waals surface area contributed by atoms with E-state index in [0.29, 0.717) is 11.8 Å². The number of nitrogens with one attached hydrogen (secondary N) is 2. The van der Waals surface area contributed by atoms with Gasteiger partial charge in [-0.2, -0.15) is 0 Å². The summed E-state index contributed by atoms with van der Waals surface area (Å²) in [5, 5.41) is 4.88. The summed E-state index contributed by atoms with van der Waals surface area (Å²) >= 11 is 0. The molecule has 0 aliphatic carbocycles. The van der Waals surface area contributed by atoms with Gasteiger partial charge in [-0.25, -0.2) is 0 Å². The standard InChI is InChI=1S/C23H29N3/c1-14(2)22-20-13-19(17-5-8-24-9-6-17)15(3)11-21(20)26-23(22)18-7-10-25-16(4)12-18/h7,10-14,17,24,26H,5-6,8-9H2,1-4H3. The number of nitrogens with zero attached hydrogens (tertiary/aromatic N) is 1. The molecule has 0 bridgehead atoms. The van der Waals surface area contributed by atoms with E-state index in [4.69, 9.17) is 0 Å². The lowest BCUT2D eigenvalue weighted by Crippen LogP contribution is -2.26. The molecule has 0 amide bonds. The number of pyridine rings is 1. The van der Waals surface area contributed by atoms with Crippen molar-refractivity contribution in [3.05, 3.63) is 52.8 Å². The zero-order valence-corrected chi connectivity index (χ0v) is 16.3. The van der Waals surface area contributed by atoms with E-state index in [2.05, 4.69) is 67.2 Å². The molecule has 0 spiro atoms. The Hall–Kier alpha value is -2.13. The predicted molar refractivity (Wildman–Crippen MR) is 110 cm³/mol. The van der Waals surface area contributed by atoms with Crippen LogP contribution in [0.25, 0.3) is 22.2 Å². The van der Waals surface area contributed by atoms with Gasteiger partial charge in [0.2, 0.25) is 0 Å². The van der Waals surface area contributed by atoms with Crippen LogP contribution in [-0.2, 0) is 0 Å². The van der Waals surface area contributed by atoms with Gasteiger partial charge < -0.3 is 10.3 Å². The average molecular weight is 348 g/mol. The quantitative estimate of drug-likeness (QED) is 0.662. The Bertz CT molecular complexity index is 930. The molecular formula is C23H29N3. The van der Waals surface area contributed by atoms with Crippen molar-refractivity contribution in [2.75, 3.05) is 13.1 Å². The van der Waals surface area contributed by atoms with Crippen molar-refractivity contribution >= 4 is 10.9 Å². The van der Waals surface area contributed by atoms with Gasteiger partial charge in [-0.15, -0.1) is 0 Å². The van der Waals surface area contributed by atoms with Gasteiger partial charge >= 0.3 is 0 Å². The molecule has 0 atom stereocenters. The molecule has 1 aliphatic heterocycles. The Morgan fingerprint density at radius 1 is 1.08 bits per heavy atom. The van der Waals surface area contributed by atoms with Crippen LogP contribution in [-0.4, -0.2) is 23.1 Å². The highest BCUT2D eigenvalue weighted by molar-refractivity contribution is 5.92. The second-order valence-corrected chi connectivity index (χ2v) is 8.03. The molecule has 4 rings (SSSR count). The molecule has 0 radical (unpaired) electrons. The van der Waals surface area contributed by atoms with Crippen molar-refractivity contribution in [1.29, 1.82) is 0 Å². The third kappa shape index (κ3) is 3.05. The fraction of sp³-hybridized carbons (Fsp3) is 0.435. The summed E-state index contributed by atoms with van der Waals surface area (Å²) in [6.07, 6.45) is 4.39. The van der Waals surface area contributed by atoms with Gasteiger partial charge in [-0.05, 0) is 92.6 Å². The molecule has 1 aliphatic rings. The average Bonchev–Trinajstić information content (AvgIpc) is 3.00. The highest BCUT2D eigenvalue weighted by Crippen LogP contribution is 2.39. The van der Waals surface area contributed by atoms with Gasteiger partial charge in [0.15, 0.2) is 0 Å². The largest absolute Gasteiger partial charge is 0.354 e. The molecule has 1 aromatic carbocycles. The Labute approximate surface area is 156 Å². The first-order chi connectivity index (χ1) is 12.5. The minimum atomic E-state index is 0.468. The maximum absolute atomic E-state index is 4.36. The Balaban J connectivity index is 1.90. The van der Waals surface area contributed by atoms with Crippen LogP contribution in [0.2, 0.25) is 0 Å². The van der Waals surface area contributed by atoms with E-state index in [1.165, 1.54) is 51.7 Å². The molecular weight excluding hydrogens is 318 g/mol. The molecule has 3 nitrogen and oxygen atoms in total. The Kier molecular flexibility index (Phi) is 4.58. The van der Waals surface area contributed by atoms with Crippen LogP contribution in [0.15, 0.2) is 30.5 Å². The third-order valence-corrected chi connectivity index (χ3v) is 5.77. The fourth-order valence-electron chi connectivity index (χ4n) is 4.49. The number of rotatable bonds is 3. The van der Waals surface area contributed by atoms with Crippen LogP contribution in [0, 0.1) is 13.8 Å². The number of aromatic nitrogens is 2. The number of fused-ring (bicyclic) bond motifs is 1. The van der Waals surface area contributed by atoms with Gasteiger partial charge in [0, 0.05) is 28.4 Å². The van der Waals surface area contributed by atoms with Crippen LogP contribution in [0.1, 0.15) is 60.9 Å². The number of benzene rings is 1. The third-order valence-electron chi connectivity index (χ3n) is 5.77. The van der Waals surface area contributed by atoms with Gasteiger partial charge in [0.1, 0.15) is 0 Å². The molecule has 2 aromatic heterocycles. The molecule has 26 heavy (non-hydrogen) atoms. The van der Waals surface area contributed by atoms with E-state index in [1.807, 2.05) is 6.20 Å². The first-order valence-electron chi connectivity index (χ1n) is 9.84. The number of aryl methyl sites for hydroxylation is 2. The summed E-state index contributed by atoms with van der Waals surface area (Å²) in [7, 11) is 0. The van der Waals surface area contributed by atoms with Crippen LogP contribution >= 0.6 is 0 Å². The van der Waals surface area contributed by atoms with E-state index in [1.54, 1.807) is 0 Å². The molecule has 2 N–H and O–H groups in total. The molecule has 0 unspecified atom stereocenters. The number of piperidine rings is 1. The lowest BCUT2D eigenvalue weighted by atomic mass is 9.85. The highest BCUT2D eigenvalue weighted by Gasteiger charge is 2.21. The van der Waals surface area contributed by atoms with Crippen molar-refractivity contribution in [2.45, 2.75) is 52.4 Å². The smallest absolute Gasteiger partial charge is 0.0501 e. The molecule has 3 heterocycles. The van der Waals surface area contributed by atoms with E-state index in [-0.39, 0.29) is 0 Å². The minimum Gasteiger partial charge on any atom is -0.354 e. The van der Waals surface area contributed by atoms with Crippen molar-refractivity contribution < 1.29 is 0 Å². The SMILES string of the molecule is Cc1cc(-c2[nH]c3cc(C)c(C4CCNCC4)cc3c2C(C)C)ccn1. The number of hydrogen-bond donors (Lipinski definition) is 2. The zero-order valence-electron chi connectivity index (χ0n) is 16.3. The zero-order chi connectivity index (χ0) is 18.3. The number of hydrogen-bond acceptors (Lipinski definition) is 2.